The first-order chi connectivity index (χ1) is 13.8. The zero-order valence-corrected chi connectivity index (χ0v) is 16.6. The van der Waals surface area contributed by atoms with Crippen molar-refractivity contribution in [3.63, 3.8) is 0 Å². The third kappa shape index (κ3) is 4.92. The van der Waals surface area contributed by atoms with E-state index in [9.17, 15) is 0 Å². The van der Waals surface area contributed by atoms with E-state index in [0.717, 1.165) is 49.9 Å². The second-order valence-corrected chi connectivity index (χ2v) is 7.29. The highest BCUT2D eigenvalue weighted by atomic mass is 32.1. The molecule has 2 N–H and O–H groups in total. The normalized spacial score (nSPS) is 16.0. The predicted octanol–water partition coefficient (Wildman–Crippen LogP) is 2.41. The van der Waals surface area contributed by atoms with Gasteiger partial charge < -0.3 is 24.8 Å². The third-order valence-electron chi connectivity index (χ3n) is 4.95. The number of morpholine rings is 1. The summed E-state index contributed by atoms with van der Waals surface area (Å²) in [5.41, 5.74) is 3.69. The molecule has 0 aromatic heterocycles. The Morgan fingerprint density at radius 2 is 1.68 bits per heavy atom. The van der Waals surface area contributed by atoms with Gasteiger partial charge in [-0.1, -0.05) is 30.3 Å². The van der Waals surface area contributed by atoms with Crippen LogP contribution in [0.2, 0.25) is 0 Å². The van der Waals surface area contributed by atoms with E-state index >= 15 is 0 Å². The minimum atomic E-state index is 0.288. The van der Waals surface area contributed by atoms with Crippen LogP contribution in [0.1, 0.15) is 16.7 Å². The number of thiocarbonyl (C=S) groups is 1. The van der Waals surface area contributed by atoms with Gasteiger partial charge in [0.15, 0.2) is 16.6 Å². The fourth-order valence-electron chi connectivity index (χ4n) is 3.36. The van der Waals surface area contributed by atoms with Crippen LogP contribution in [0.4, 0.5) is 0 Å². The molecular formula is C21H25N3O3S. The second-order valence-electron chi connectivity index (χ2n) is 6.88. The van der Waals surface area contributed by atoms with Crippen LogP contribution < -0.4 is 20.1 Å². The molecule has 0 radical (unpaired) electrons. The molecule has 0 unspecified atom stereocenters. The van der Waals surface area contributed by atoms with Crippen LogP contribution in [0.5, 0.6) is 11.5 Å². The number of rotatable bonds is 6. The summed E-state index contributed by atoms with van der Waals surface area (Å²) in [4.78, 5) is 2.43. The molecule has 2 aliphatic heterocycles. The number of fused-ring (bicyclic) bond motifs is 1. The highest BCUT2D eigenvalue weighted by Crippen LogP contribution is 2.32. The number of benzene rings is 2. The molecule has 0 spiro atoms. The Labute approximate surface area is 170 Å². The fourth-order valence-corrected chi connectivity index (χ4v) is 3.50. The van der Waals surface area contributed by atoms with Gasteiger partial charge in [0.05, 0.1) is 13.2 Å². The first-order valence-corrected chi connectivity index (χ1v) is 9.96. The van der Waals surface area contributed by atoms with Gasteiger partial charge >= 0.3 is 0 Å². The summed E-state index contributed by atoms with van der Waals surface area (Å²) in [5, 5.41) is 7.22. The highest BCUT2D eigenvalue weighted by molar-refractivity contribution is 7.80. The van der Waals surface area contributed by atoms with Crippen molar-refractivity contribution in [1.82, 2.24) is 15.5 Å². The van der Waals surface area contributed by atoms with E-state index in [2.05, 4.69) is 39.8 Å². The zero-order chi connectivity index (χ0) is 19.2. The van der Waals surface area contributed by atoms with E-state index in [1.165, 1.54) is 11.1 Å². The maximum atomic E-state index is 5.45. The average Bonchev–Trinajstić information content (AvgIpc) is 3.20. The molecule has 2 aromatic rings. The van der Waals surface area contributed by atoms with Gasteiger partial charge in [0.25, 0.3) is 0 Å². The number of hydrogen-bond donors (Lipinski definition) is 2. The van der Waals surface area contributed by atoms with Crippen LogP contribution in [-0.4, -0.2) is 43.1 Å². The summed E-state index contributed by atoms with van der Waals surface area (Å²) in [7, 11) is 0. The number of ether oxygens (including phenoxy) is 3. The minimum Gasteiger partial charge on any atom is -0.454 e. The lowest BCUT2D eigenvalue weighted by molar-refractivity contribution is 0.0341. The SMILES string of the molecule is S=C(NCc1ccc2c(c1)OCO2)NCc1ccccc1CN1CCOCC1. The Kier molecular flexibility index (Phi) is 6.26. The summed E-state index contributed by atoms with van der Waals surface area (Å²) in [6, 6.07) is 14.4. The van der Waals surface area contributed by atoms with E-state index in [-0.39, 0.29) is 6.79 Å². The van der Waals surface area contributed by atoms with E-state index in [0.29, 0.717) is 18.2 Å². The maximum absolute atomic E-state index is 5.45. The molecule has 7 heteroatoms. The van der Waals surface area contributed by atoms with Gasteiger partial charge in [0.2, 0.25) is 6.79 Å². The van der Waals surface area contributed by atoms with Gasteiger partial charge in [-0.15, -0.1) is 0 Å². The molecule has 148 valence electrons. The van der Waals surface area contributed by atoms with Crippen molar-refractivity contribution in [1.29, 1.82) is 0 Å². The topological polar surface area (TPSA) is 55.0 Å². The summed E-state index contributed by atoms with van der Waals surface area (Å²) in [5.74, 6) is 1.58. The standard InChI is InChI=1S/C21H25N3O3S/c28-21(22-12-16-5-6-19-20(11-16)27-15-26-19)23-13-17-3-1-2-4-18(17)14-24-7-9-25-10-8-24/h1-6,11H,7-10,12-15H2,(H2,22,23,28). The molecule has 0 aliphatic carbocycles. The van der Waals surface area contributed by atoms with Crippen molar-refractivity contribution >= 4 is 17.3 Å². The molecule has 1 saturated heterocycles. The van der Waals surface area contributed by atoms with Crippen molar-refractivity contribution in [3.8, 4) is 11.5 Å². The fraction of sp³-hybridized carbons (Fsp3) is 0.381. The quantitative estimate of drug-likeness (QED) is 0.724. The van der Waals surface area contributed by atoms with Crippen LogP contribution in [0, 0.1) is 0 Å². The van der Waals surface area contributed by atoms with Crippen LogP contribution in [0.15, 0.2) is 42.5 Å². The van der Waals surface area contributed by atoms with E-state index in [4.69, 9.17) is 26.4 Å². The average molecular weight is 400 g/mol. The van der Waals surface area contributed by atoms with Crippen LogP contribution in [-0.2, 0) is 24.4 Å². The molecule has 4 rings (SSSR count). The maximum Gasteiger partial charge on any atom is 0.231 e. The Balaban J connectivity index is 1.27. The largest absolute Gasteiger partial charge is 0.454 e. The van der Waals surface area contributed by atoms with Crippen molar-refractivity contribution in [2.45, 2.75) is 19.6 Å². The number of nitrogens with zero attached hydrogens (tertiary/aromatic N) is 1. The van der Waals surface area contributed by atoms with Crippen molar-refractivity contribution in [2.75, 3.05) is 33.1 Å². The summed E-state index contributed by atoms with van der Waals surface area (Å²) in [6.07, 6.45) is 0. The number of nitrogens with one attached hydrogen (secondary N) is 2. The smallest absolute Gasteiger partial charge is 0.231 e. The van der Waals surface area contributed by atoms with Crippen molar-refractivity contribution < 1.29 is 14.2 Å². The summed E-state index contributed by atoms with van der Waals surface area (Å²) < 4.78 is 16.2. The highest BCUT2D eigenvalue weighted by Gasteiger charge is 2.14. The molecule has 28 heavy (non-hydrogen) atoms. The molecule has 0 atom stereocenters. The molecule has 0 bridgehead atoms. The first kappa shape index (κ1) is 19.0. The van der Waals surface area contributed by atoms with Gasteiger partial charge in [-0.25, -0.2) is 0 Å². The minimum absolute atomic E-state index is 0.288. The molecule has 0 saturated carbocycles. The Morgan fingerprint density at radius 3 is 2.54 bits per heavy atom. The first-order valence-electron chi connectivity index (χ1n) is 9.55. The Hall–Kier alpha value is -2.35. The second kappa shape index (κ2) is 9.23. The van der Waals surface area contributed by atoms with Gasteiger partial charge in [0, 0.05) is 32.7 Å². The molecule has 0 amide bonds. The molecule has 2 heterocycles. The van der Waals surface area contributed by atoms with Crippen LogP contribution in [0.25, 0.3) is 0 Å². The Bertz CT molecular complexity index is 824. The van der Waals surface area contributed by atoms with Crippen LogP contribution >= 0.6 is 12.2 Å². The predicted molar refractivity (Wildman–Crippen MR) is 111 cm³/mol. The summed E-state index contributed by atoms with van der Waals surface area (Å²) in [6.45, 7) is 6.16. The molecule has 2 aromatic carbocycles. The van der Waals surface area contributed by atoms with Crippen molar-refractivity contribution in [2.24, 2.45) is 0 Å². The monoisotopic (exact) mass is 399 g/mol. The lowest BCUT2D eigenvalue weighted by atomic mass is 10.1. The van der Waals surface area contributed by atoms with Gasteiger partial charge in [-0.2, -0.15) is 0 Å². The lowest BCUT2D eigenvalue weighted by Gasteiger charge is -2.27. The third-order valence-corrected chi connectivity index (χ3v) is 5.23. The zero-order valence-electron chi connectivity index (χ0n) is 15.8. The van der Waals surface area contributed by atoms with Gasteiger partial charge in [-0.3, -0.25) is 4.90 Å². The Morgan fingerprint density at radius 1 is 0.929 bits per heavy atom. The van der Waals surface area contributed by atoms with E-state index in [1.54, 1.807) is 0 Å². The molecular weight excluding hydrogens is 374 g/mol. The number of hydrogen-bond acceptors (Lipinski definition) is 5. The van der Waals surface area contributed by atoms with Crippen molar-refractivity contribution in [3.05, 3.63) is 59.2 Å². The molecule has 2 aliphatic rings. The van der Waals surface area contributed by atoms with E-state index < -0.39 is 0 Å². The molecule has 1 fully saturated rings. The van der Waals surface area contributed by atoms with Gasteiger partial charge in [0.1, 0.15) is 0 Å². The summed E-state index contributed by atoms with van der Waals surface area (Å²) >= 11 is 5.45. The molecule has 6 nitrogen and oxygen atoms in total. The van der Waals surface area contributed by atoms with Crippen LogP contribution in [0.3, 0.4) is 0 Å². The van der Waals surface area contributed by atoms with E-state index in [1.807, 2.05) is 18.2 Å². The lowest BCUT2D eigenvalue weighted by Crippen LogP contribution is -2.36. The van der Waals surface area contributed by atoms with Gasteiger partial charge in [-0.05, 0) is 41.0 Å².